The summed E-state index contributed by atoms with van der Waals surface area (Å²) < 4.78 is 23.0. The quantitative estimate of drug-likeness (QED) is 0.777. The van der Waals surface area contributed by atoms with Gasteiger partial charge in [-0.05, 0) is 45.0 Å². The highest BCUT2D eigenvalue weighted by Gasteiger charge is 2.30. The van der Waals surface area contributed by atoms with Crippen LogP contribution in [0.5, 0.6) is 5.75 Å². The Bertz CT molecular complexity index is 410. The molecule has 1 aromatic rings. The van der Waals surface area contributed by atoms with Crippen LogP contribution in [0.1, 0.15) is 20.8 Å². The molecule has 0 aromatic heterocycles. The van der Waals surface area contributed by atoms with Crippen LogP contribution >= 0.6 is 0 Å². The second-order valence-electron chi connectivity index (χ2n) is 4.11. The third-order valence-corrected chi connectivity index (χ3v) is 4.46. The maximum Gasteiger partial charge on any atom is 0.183 e. The van der Waals surface area contributed by atoms with Crippen LogP contribution in [-0.2, 0) is 9.84 Å². The van der Waals surface area contributed by atoms with E-state index < -0.39 is 14.6 Å². The topological polar surface area (TPSA) is 54.4 Å². The van der Waals surface area contributed by atoms with Crippen molar-refractivity contribution in [2.75, 3.05) is 0 Å². The minimum atomic E-state index is -3.30. The predicted molar refractivity (Wildman–Crippen MR) is 55.0 cm³/mol. The second kappa shape index (κ2) is 3.28. The molecule has 78 valence electrons. The largest absolute Gasteiger partial charge is 0.508 e. The number of rotatable bonds is 1. The lowest BCUT2D eigenvalue weighted by Crippen LogP contribution is -2.27. The Balaban J connectivity index is 3.25. The number of sulfone groups is 1. The summed E-state index contributed by atoms with van der Waals surface area (Å²) in [5.74, 6) is 0.0675. The molecule has 0 spiro atoms. The highest BCUT2D eigenvalue weighted by Crippen LogP contribution is 2.25. The van der Waals surface area contributed by atoms with E-state index in [1.165, 1.54) is 24.3 Å². The van der Waals surface area contributed by atoms with Gasteiger partial charge in [-0.3, -0.25) is 0 Å². The molecule has 0 saturated heterocycles. The first-order valence-corrected chi connectivity index (χ1v) is 5.77. The fraction of sp³-hybridized carbons (Fsp3) is 0.400. The van der Waals surface area contributed by atoms with E-state index in [4.69, 9.17) is 5.11 Å². The first-order chi connectivity index (χ1) is 6.25. The number of benzene rings is 1. The molecule has 0 aliphatic carbocycles. The third kappa shape index (κ3) is 1.90. The summed E-state index contributed by atoms with van der Waals surface area (Å²) >= 11 is 0. The summed E-state index contributed by atoms with van der Waals surface area (Å²) in [5.41, 5.74) is 0. The molecule has 0 atom stereocenters. The van der Waals surface area contributed by atoms with Crippen LogP contribution in [-0.4, -0.2) is 18.3 Å². The Labute approximate surface area is 84.3 Å². The molecule has 0 radical (unpaired) electrons. The molecular weight excluding hydrogens is 200 g/mol. The summed E-state index contributed by atoms with van der Waals surface area (Å²) in [4.78, 5) is 0.239. The minimum Gasteiger partial charge on any atom is -0.508 e. The predicted octanol–water partition coefficient (Wildman–Crippen LogP) is 1.96. The lowest BCUT2D eigenvalue weighted by atomic mass is 10.3. The van der Waals surface area contributed by atoms with Gasteiger partial charge in [0.2, 0.25) is 0 Å². The van der Waals surface area contributed by atoms with Crippen molar-refractivity contribution >= 4 is 9.84 Å². The van der Waals surface area contributed by atoms with Crippen molar-refractivity contribution < 1.29 is 13.5 Å². The van der Waals surface area contributed by atoms with Crippen molar-refractivity contribution in [1.82, 2.24) is 0 Å². The van der Waals surface area contributed by atoms with Gasteiger partial charge in [0.1, 0.15) is 5.75 Å². The molecular formula is C10H14O3S. The summed E-state index contributed by atoms with van der Waals surface area (Å²) in [6.45, 7) is 4.94. The summed E-state index contributed by atoms with van der Waals surface area (Å²) in [6.07, 6.45) is 0. The molecule has 1 N–H and O–H groups in total. The summed E-state index contributed by atoms with van der Waals surface area (Å²) in [6, 6.07) is 5.57. The van der Waals surface area contributed by atoms with E-state index in [9.17, 15) is 8.42 Å². The zero-order valence-electron chi connectivity index (χ0n) is 8.48. The Morgan fingerprint density at radius 2 is 1.50 bits per heavy atom. The van der Waals surface area contributed by atoms with Crippen LogP contribution in [0.15, 0.2) is 29.2 Å². The lowest BCUT2D eigenvalue weighted by molar-refractivity contribution is 0.474. The van der Waals surface area contributed by atoms with E-state index in [0.717, 1.165) is 0 Å². The van der Waals surface area contributed by atoms with E-state index >= 15 is 0 Å². The van der Waals surface area contributed by atoms with Gasteiger partial charge >= 0.3 is 0 Å². The fourth-order valence-corrected chi connectivity index (χ4v) is 2.18. The Kier molecular flexibility index (Phi) is 2.58. The maximum atomic E-state index is 11.9. The lowest BCUT2D eigenvalue weighted by Gasteiger charge is -2.18. The van der Waals surface area contributed by atoms with Crippen molar-refractivity contribution in [2.45, 2.75) is 30.4 Å². The molecule has 0 amide bonds. The number of hydrogen-bond donors (Lipinski definition) is 1. The second-order valence-corrected chi connectivity index (χ2v) is 6.81. The van der Waals surface area contributed by atoms with Crippen LogP contribution in [0.3, 0.4) is 0 Å². The van der Waals surface area contributed by atoms with Crippen LogP contribution in [0, 0.1) is 0 Å². The molecule has 0 aliphatic rings. The molecule has 3 nitrogen and oxygen atoms in total. The van der Waals surface area contributed by atoms with Gasteiger partial charge in [0, 0.05) is 0 Å². The average molecular weight is 214 g/mol. The van der Waals surface area contributed by atoms with Crippen molar-refractivity contribution in [2.24, 2.45) is 0 Å². The van der Waals surface area contributed by atoms with Crippen molar-refractivity contribution in [3.05, 3.63) is 24.3 Å². The highest BCUT2D eigenvalue weighted by atomic mass is 32.2. The monoisotopic (exact) mass is 214 g/mol. The van der Waals surface area contributed by atoms with Gasteiger partial charge in [-0.2, -0.15) is 0 Å². The van der Waals surface area contributed by atoms with E-state index in [2.05, 4.69) is 0 Å². The smallest absolute Gasteiger partial charge is 0.183 e. The maximum absolute atomic E-state index is 11.9. The van der Waals surface area contributed by atoms with Crippen LogP contribution < -0.4 is 0 Å². The number of hydrogen-bond acceptors (Lipinski definition) is 3. The van der Waals surface area contributed by atoms with Gasteiger partial charge in [-0.15, -0.1) is 0 Å². The van der Waals surface area contributed by atoms with Gasteiger partial charge in [0.25, 0.3) is 0 Å². The summed E-state index contributed by atoms with van der Waals surface area (Å²) in [5, 5.41) is 9.03. The zero-order valence-corrected chi connectivity index (χ0v) is 9.30. The van der Waals surface area contributed by atoms with Crippen LogP contribution in [0.25, 0.3) is 0 Å². The van der Waals surface area contributed by atoms with Crippen LogP contribution in [0.2, 0.25) is 0 Å². The van der Waals surface area contributed by atoms with Gasteiger partial charge in [-0.25, -0.2) is 8.42 Å². The van der Waals surface area contributed by atoms with Crippen LogP contribution in [0.4, 0.5) is 0 Å². The molecule has 0 saturated carbocycles. The molecule has 0 unspecified atom stereocenters. The molecule has 4 heteroatoms. The molecule has 0 bridgehead atoms. The highest BCUT2D eigenvalue weighted by molar-refractivity contribution is 7.92. The van der Waals surface area contributed by atoms with Gasteiger partial charge in [0.05, 0.1) is 9.64 Å². The van der Waals surface area contributed by atoms with Gasteiger partial charge in [0.15, 0.2) is 9.84 Å². The van der Waals surface area contributed by atoms with Crippen molar-refractivity contribution in [3.8, 4) is 5.75 Å². The first-order valence-electron chi connectivity index (χ1n) is 4.29. The Hall–Kier alpha value is -1.03. The molecule has 0 aliphatic heterocycles. The molecule has 14 heavy (non-hydrogen) atoms. The van der Waals surface area contributed by atoms with E-state index in [1.807, 2.05) is 0 Å². The van der Waals surface area contributed by atoms with Crippen molar-refractivity contribution in [3.63, 3.8) is 0 Å². The standard InChI is InChI=1S/C10H14O3S/c1-10(2,3)14(12,13)9-6-4-8(11)5-7-9/h4-7,11H,1-3H3. The fourth-order valence-electron chi connectivity index (χ4n) is 0.979. The Morgan fingerprint density at radius 3 is 1.86 bits per heavy atom. The average Bonchev–Trinajstić information content (AvgIpc) is 2.03. The van der Waals surface area contributed by atoms with Crippen molar-refractivity contribution in [1.29, 1.82) is 0 Å². The molecule has 1 aromatic carbocycles. The Morgan fingerprint density at radius 1 is 1.07 bits per heavy atom. The van der Waals surface area contributed by atoms with Gasteiger partial charge in [-0.1, -0.05) is 0 Å². The minimum absolute atomic E-state index is 0.0675. The normalized spacial score (nSPS) is 12.8. The van der Waals surface area contributed by atoms with E-state index in [-0.39, 0.29) is 10.6 Å². The zero-order chi connectivity index (χ0) is 11.0. The number of phenolic OH excluding ortho intramolecular Hbond substituents is 1. The number of aromatic hydroxyl groups is 1. The number of phenols is 1. The third-order valence-electron chi connectivity index (χ3n) is 1.95. The van der Waals surface area contributed by atoms with E-state index in [1.54, 1.807) is 20.8 Å². The first kappa shape index (κ1) is 11.0. The van der Waals surface area contributed by atoms with E-state index in [0.29, 0.717) is 0 Å². The SMILES string of the molecule is CC(C)(C)S(=O)(=O)c1ccc(O)cc1. The molecule has 0 fully saturated rings. The molecule has 1 rings (SSSR count). The van der Waals surface area contributed by atoms with Gasteiger partial charge < -0.3 is 5.11 Å². The summed E-state index contributed by atoms with van der Waals surface area (Å²) in [7, 11) is -3.30. The molecule has 0 heterocycles.